The maximum absolute atomic E-state index is 12.6. The maximum Gasteiger partial charge on any atom is 0.157 e. The molecule has 0 heterocycles. The summed E-state index contributed by atoms with van der Waals surface area (Å²) in [5.41, 5.74) is -1.26. The van der Waals surface area contributed by atoms with Gasteiger partial charge in [-0.1, -0.05) is 110 Å². The van der Waals surface area contributed by atoms with E-state index in [2.05, 4.69) is 16.0 Å². The van der Waals surface area contributed by atoms with Gasteiger partial charge in [-0.3, -0.25) is 14.4 Å². The molecular formula is C39H51N3O3. The van der Waals surface area contributed by atoms with E-state index in [1.165, 1.54) is 0 Å². The molecule has 0 spiro atoms. The number of ketones is 3. The summed E-state index contributed by atoms with van der Waals surface area (Å²) in [7, 11) is 1.73. The van der Waals surface area contributed by atoms with Gasteiger partial charge in [-0.2, -0.15) is 0 Å². The van der Waals surface area contributed by atoms with Crippen LogP contribution in [-0.2, 0) is 31.0 Å². The molecule has 3 aliphatic carbocycles. The Hall–Kier alpha value is -3.45. The predicted molar refractivity (Wildman–Crippen MR) is 182 cm³/mol. The van der Waals surface area contributed by atoms with Crippen molar-refractivity contribution in [3.63, 3.8) is 0 Å². The summed E-state index contributed by atoms with van der Waals surface area (Å²) in [6, 6.07) is 27.1. The second-order valence-corrected chi connectivity index (χ2v) is 11.7. The third-order valence-electron chi connectivity index (χ3n) is 9.14. The molecule has 3 atom stereocenters. The van der Waals surface area contributed by atoms with Crippen LogP contribution in [0.2, 0.25) is 0 Å². The number of likely N-dealkylation sites (N-methyl/N-ethyl adjacent to an activating group) is 3. The highest BCUT2D eigenvalue weighted by atomic mass is 16.1. The maximum atomic E-state index is 12.6. The molecule has 0 unspecified atom stereocenters. The molecule has 240 valence electrons. The van der Waals surface area contributed by atoms with Gasteiger partial charge in [0.2, 0.25) is 0 Å². The molecule has 6 heteroatoms. The molecule has 3 saturated carbocycles. The zero-order chi connectivity index (χ0) is 40.8. The summed E-state index contributed by atoms with van der Waals surface area (Å²) in [6.45, 7) is -4.83. The monoisotopic (exact) mass is 619 g/mol. The van der Waals surface area contributed by atoms with E-state index >= 15 is 0 Å². The standard InChI is InChI=1S/3C13H17NO/c3*1-14-13(10-6-5-9-12(13)15)11-7-3-2-4-8-11/h3*2-4,7-8,14H,5-6,9-10H2,1H3/t3*13-/m111/s1/i1D3,9D2;9D2;1D3. The van der Waals surface area contributed by atoms with Crippen LogP contribution in [0.4, 0.5) is 0 Å². The molecule has 0 aliphatic heterocycles. The van der Waals surface area contributed by atoms with Gasteiger partial charge >= 0.3 is 0 Å². The fraction of sp³-hybridized carbons (Fsp3) is 0.462. The van der Waals surface area contributed by atoms with Crippen LogP contribution in [-0.4, -0.2) is 38.3 Å². The fourth-order valence-corrected chi connectivity index (χ4v) is 6.47. The van der Waals surface area contributed by atoms with Crippen LogP contribution >= 0.6 is 0 Å². The molecule has 3 N–H and O–H groups in total. The van der Waals surface area contributed by atoms with Crippen LogP contribution in [0.25, 0.3) is 0 Å². The average Bonchev–Trinajstić information content (AvgIpc) is 3.13. The number of carbonyl (C=O) groups excluding carboxylic acids is 3. The van der Waals surface area contributed by atoms with Gasteiger partial charge in [0.15, 0.2) is 17.3 Å². The third kappa shape index (κ3) is 7.51. The highest BCUT2D eigenvalue weighted by Crippen LogP contribution is 2.36. The van der Waals surface area contributed by atoms with E-state index in [0.29, 0.717) is 44.1 Å². The van der Waals surface area contributed by atoms with E-state index in [4.69, 9.17) is 13.7 Å². The summed E-state index contributed by atoms with van der Waals surface area (Å²) in [5, 5.41) is 8.04. The number of rotatable bonds is 6. The molecule has 3 aliphatic rings. The Morgan fingerprint density at radius 2 is 0.867 bits per heavy atom. The van der Waals surface area contributed by atoms with Crippen molar-refractivity contribution in [2.45, 2.75) is 93.6 Å². The Balaban J connectivity index is 0.000000184. The Bertz CT molecular complexity index is 1760. The first kappa shape index (κ1) is 23.0. The molecule has 6 rings (SSSR count). The summed E-state index contributed by atoms with van der Waals surface area (Å²) in [6.07, 6.45) is 1.53. The average molecular weight is 620 g/mol. The SMILES string of the molecule is [2H]C([2H])([2H])N[C@@]1(c2ccccc2)CCCC([2H])([2H])C1=O.[2H]C([2H])([2H])N[C@@]1(c2ccccc2)CCCCC1=O.[2H]C1([2H])CCC[C@@](NC)(c2ccccc2)C1=O. The van der Waals surface area contributed by atoms with Gasteiger partial charge in [0.1, 0.15) is 16.6 Å². The Labute approximate surface area is 283 Å². The Morgan fingerprint density at radius 3 is 1.22 bits per heavy atom. The third-order valence-corrected chi connectivity index (χ3v) is 9.14. The van der Waals surface area contributed by atoms with E-state index in [1.54, 1.807) is 37.4 Å². The minimum Gasteiger partial charge on any atom is -0.304 e. The van der Waals surface area contributed by atoms with Gasteiger partial charge in [-0.25, -0.2) is 0 Å². The zero-order valence-electron chi connectivity index (χ0n) is 36.0. The second-order valence-electron chi connectivity index (χ2n) is 11.7. The number of carbonyl (C=O) groups is 3. The van der Waals surface area contributed by atoms with Crippen LogP contribution in [0.1, 0.15) is 107 Å². The number of benzene rings is 3. The Kier molecular flexibility index (Phi) is 8.27. The lowest BCUT2D eigenvalue weighted by Gasteiger charge is -2.36. The van der Waals surface area contributed by atoms with Crippen LogP contribution < -0.4 is 16.0 Å². The van der Waals surface area contributed by atoms with Crippen molar-refractivity contribution in [2.75, 3.05) is 21.0 Å². The van der Waals surface area contributed by atoms with E-state index < -0.39 is 49.1 Å². The number of Topliss-reactive ketones (excluding diaryl/α,β-unsaturated/α-hetero) is 3. The first-order valence-corrected chi connectivity index (χ1v) is 15.7. The van der Waals surface area contributed by atoms with E-state index in [1.807, 2.05) is 60.7 Å². The van der Waals surface area contributed by atoms with Gasteiger partial charge in [-0.05, 0) is 76.2 Å². The minimum absolute atomic E-state index is 0.0175. The molecule has 0 bridgehead atoms. The van der Waals surface area contributed by atoms with Gasteiger partial charge < -0.3 is 16.0 Å². The van der Waals surface area contributed by atoms with Gasteiger partial charge in [0, 0.05) is 32.9 Å². The van der Waals surface area contributed by atoms with Crippen molar-refractivity contribution in [3.8, 4) is 0 Å². The van der Waals surface area contributed by atoms with Crippen LogP contribution in [0.15, 0.2) is 91.0 Å². The summed E-state index contributed by atoms with van der Waals surface area (Å²) in [5.74, 6) is -1.06. The lowest BCUT2D eigenvalue weighted by atomic mass is 9.76. The molecule has 0 amide bonds. The zero-order valence-corrected chi connectivity index (χ0v) is 26.0. The summed E-state index contributed by atoms with van der Waals surface area (Å²) < 4.78 is 75.7. The smallest absolute Gasteiger partial charge is 0.157 e. The highest BCUT2D eigenvalue weighted by molar-refractivity contribution is 5.91. The first-order chi connectivity index (χ1) is 25.6. The normalized spacial score (nSPS) is 32.7. The summed E-state index contributed by atoms with van der Waals surface area (Å²) in [4.78, 5) is 37.2. The van der Waals surface area contributed by atoms with Crippen molar-refractivity contribution in [1.29, 1.82) is 0 Å². The molecule has 3 aromatic carbocycles. The highest BCUT2D eigenvalue weighted by Gasteiger charge is 2.41. The lowest BCUT2D eigenvalue weighted by molar-refractivity contribution is -0.128. The van der Waals surface area contributed by atoms with Crippen LogP contribution in [0.5, 0.6) is 0 Å². The fourth-order valence-electron chi connectivity index (χ4n) is 6.47. The van der Waals surface area contributed by atoms with Crippen LogP contribution in [0, 0.1) is 0 Å². The topological polar surface area (TPSA) is 87.3 Å². The van der Waals surface area contributed by atoms with Crippen LogP contribution in [0.3, 0.4) is 0 Å². The molecule has 0 radical (unpaired) electrons. The Morgan fingerprint density at radius 1 is 0.511 bits per heavy atom. The van der Waals surface area contributed by atoms with Gasteiger partial charge in [0.05, 0.1) is 0 Å². The number of nitrogens with one attached hydrogen (secondary N) is 3. The first-order valence-electron chi connectivity index (χ1n) is 20.7. The summed E-state index contributed by atoms with van der Waals surface area (Å²) >= 11 is 0. The van der Waals surface area contributed by atoms with E-state index in [9.17, 15) is 14.4 Å². The quantitative estimate of drug-likeness (QED) is 0.284. The molecule has 0 aromatic heterocycles. The lowest BCUT2D eigenvalue weighted by Crippen LogP contribution is -2.49. The molecule has 6 nitrogen and oxygen atoms in total. The second kappa shape index (κ2) is 16.2. The molecular weight excluding hydrogens is 558 g/mol. The molecule has 3 aromatic rings. The van der Waals surface area contributed by atoms with E-state index in [0.717, 1.165) is 24.0 Å². The van der Waals surface area contributed by atoms with E-state index in [-0.39, 0.29) is 24.4 Å². The number of hydrogen-bond donors (Lipinski definition) is 3. The molecule has 45 heavy (non-hydrogen) atoms. The van der Waals surface area contributed by atoms with Gasteiger partial charge in [-0.15, -0.1) is 0 Å². The van der Waals surface area contributed by atoms with Crippen molar-refractivity contribution in [2.24, 2.45) is 0 Å². The van der Waals surface area contributed by atoms with Gasteiger partial charge in [0.25, 0.3) is 0 Å². The van der Waals surface area contributed by atoms with Crippen molar-refractivity contribution >= 4 is 17.3 Å². The van der Waals surface area contributed by atoms with Crippen molar-refractivity contribution in [1.82, 2.24) is 16.0 Å². The predicted octanol–water partition coefficient (Wildman–Crippen LogP) is 6.73. The minimum atomic E-state index is -2.51. The molecule has 3 fully saturated rings. The molecule has 0 saturated heterocycles. The number of hydrogen-bond acceptors (Lipinski definition) is 6. The van der Waals surface area contributed by atoms with Crippen molar-refractivity contribution in [3.05, 3.63) is 108 Å². The van der Waals surface area contributed by atoms with Crippen molar-refractivity contribution < 1.29 is 28.1 Å². The largest absolute Gasteiger partial charge is 0.304 e.